The predicted molar refractivity (Wildman–Crippen MR) is 134 cm³/mol. The summed E-state index contributed by atoms with van der Waals surface area (Å²) in [5, 5.41) is 1.18. The number of aryl methyl sites for hydroxylation is 1. The Bertz CT molecular complexity index is 1860. The molecule has 0 saturated carbocycles. The van der Waals surface area contributed by atoms with Crippen LogP contribution in [0.3, 0.4) is 0 Å². The van der Waals surface area contributed by atoms with Crippen molar-refractivity contribution >= 4 is 48.4 Å². The average molecular weight is 529 g/mol. The van der Waals surface area contributed by atoms with Gasteiger partial charge in [0.2, 0.25) is 10.0 Å². The number of benzene rings is 2. The van der Waals surface area contributed by atoms with E-state index in [9.17, 15) is 26.8 Å². The van der Waals surface area contributed by atoms with E-state index in [1.807, 2.05) is 11.6 Å². The number of sulfonamides is 1. The van der Waals surface area contributed by atoms with Crippen LogP contribution in [0.25, 0.3) is 32.2 Å². The highest BCUT2D eigenvalue weighted by molar-refractivity contribution is 7.89. The van der Waals surface area contributed by atoms with Gasteiger partial charge in [0.15, 0.2) is 0 Å². The van der Waals surface area contributed by atoms with E-state index in [2.05, 4.69) is 9.97 Å². The number of hydrogen-bond acceptors (Lipinski definition) is 6. The molecule has 0 aliphatic heterocycles. The summed E-state index contributed by atoms with van der Waals surface area (Å²) in [6.45, 7) is 1.57. The van der Waals surface area contributed by atoms with E-state index in [1.165, 1.54) is 34.2 Å². The molecule has 0 fully saturated rings. The number of hydrogen-bond donors (Lipinski definition) is 2. The Hall–Kier alpha value is -3.90. The fourth-order valence-electron chi connectivity index (χ4n) is 4.26. The van der Waals surface area contributed by atoms with E-state index in [0.29, 0.717) is 16.4 Å². The van der Waals surface area contributed by atoms with Crippen LogP contribution in [-0.2, 0) is 16.6 Å². The Labute approximate surface area is 207 Å². The molecule has 1 amide bonds. The van der Waals surface area contributed by atoms with E-state index in [4.69, 9.17) is 0 Å². The minimum atomic E-state index is -4.00. The lowest BCUT2D eigenvalue weighted by Crippen LogP contribution is -2.32. The molecule has 12 heteroatoms. The van der Waals surface area contributed by atoms with Crippen LogP contribution in [0.5, 0.6) is 0 Å². The molecule has 184 valence electrons. The van der Waals surface area contributed by atoms with Crippen LogP contribution in [0.4, 0.5) is 8.78 Å². The molecule has 0 bridgehead atoms. The van der Waals surface area contributed by atoms with Gasteiger partial charge >= 0.3 is 0 Å². The molecular formula is C24H18F2N4O4S2. The number of aromatic nitrogens is 3. The molecule has 5 rings (SSSR count). The van der Waals surface area contributed by atoms with E-state index >= 15 is 0 Å². The van der Waals surface area contributed by atoms with Crippen molar-refractivity contribution in [2.45, 2.75) is 13.5 Å². The van der Waals surface area contributed by atoms with Gasteiger partial charge in [-0.2, -0.15) is 0 Å². The van der Waals surface area contributed by atoms with Crippen molar-refractivity contribution in [1.29, 1.82) is 0 Å². The quantitative estimate of drug-likeness (QED) is 0.359. The number of pyridine rings is 1. The molecule has 3 aromatic heterocycles. The Balaban J connectivity index is 1.94. The molecule has 5 aromatic rings. The number of H-pyrrole nitrogens is 1. The van der Waals surface area contributed by atoms with Crippen LogP contribution in [0, 0.1) is 18.6 Å². The lowest BCUT2D eigenvalue weighted by atomic mass is 10.0. The normalized spacial score (nSPS) is 11.9. The van der Waals surface area contributed by atoms with Crippen molar-refractivity contribution in [2.24, 2.45) is 0 Å². The molecule has 0 aliphatic carbocycles. The van der Waals surface area contributed by atoms with Crippen LogP contribution in [0.15, 0.2) is 53.5 Å². The van der Waals surface area contributed by atoms with Crippen molar-refractivity contribution in [3.8, 4) is 11.1 Å². The number of thiazole rings is 1. The summed E-state index contributed by atoms with van der Waals surface area (Å²) in [5.41, 5.74) is 0.582. The molecule has 0 unspecified atom stereocenters. The maximum absolute atomic E-state index is 14.7. The highest BCUT2D eigenvalue weighted by Gasteiger charge is 2.29. The Morgan fingerprint density at radius 3 is 2.67 bits per heavy atom. The highest BCUT2D eigenvalue weighted by Crippen LogP contribution is 2.40. The second-order valence-electron chi connectivity index (χ2n) is 8.20. The topological polar surface area (TPSA) is 114 Å². The third kappa shape index (κ3) is 4.18. The number of amides is 1. The zero-order chi connectivity index (χ0) is 25.8. The monoisotopic (exact) mass is 528 g/mol. The molecule has 0 atom stereocenters. The van der Waals surface area contributed by atoms with Gasteiger partial charge in [0.1, 0.15) is 17.3 Å². The Kier molecular flexibility index (Phi) is 5.72. The first kappa shape index (κ1) is 23.8. The van der Waals surface area contributed by atoms with Crippen molar-refractivity contribution in [3.63, 3.8) is 0 Å². The number of carbonyl (C=O) groups is 1. The Morgan fingerprint density at radius 1 is 1.19 bits per heavy atom. The van der Waals surface area contributed by atoms with Crippen LogP contribution >= 0.6 is 11.3 Å². The van der Waals surface area contributed by atoms with E-state index in [1.54, 1.807) is 18.2 Å². The number of aromatic amines is 1. The van der Waals surface area contributed by atoms with Gasteiger partial charge in [0.05, 0.1) is 39.1 Å². The fourth-order valence-corrected chi connectivity index (χ4v) is 5.53. The smallest absolute Gasteiger partial charge is 0.282 e. The number of fused-ring (bicyclic) bond motifs is 3. The fraction of sp³-hybridized carbons (Fsp3) is 0.125. The van der Waals surface area contributed by atoms with Gasteiger partial charge in [-0.25, -0.2) is 26.9 Å². The second kappa shape index (κ2) is 8.64. The zero-order valence-electron chi connectivity index (χ0n) is 18.9. The second-order valence-corrected chi connectivity index (χ2v) is 11.2. The highest BCUT2D eigenvalue weighted by atomic mass is 32.2. The molecule has 2 aromatic carbocycles. The summed E-state index contributed by atoms with van der Waals surface area (Å²) in [6, 6.07) is 9.63. The van der Waals surface area contributed by atoms with Crippen LogP contribution in [-0.4, -0.2) is 35.1 Å². The number of halogens is 2. The maximum Gasteiger partial charge on any atom is 0.282 e. The lowest BCUT2D eigenvalue weighted by molar-refractivity contribution is 0.0974. The van der Waals surface area contributed by atoms with Gasteiger partial charge in [0.25, 0.3) is 11.5 Å². The van der Waals surface area contributed by atoms with Crippen molar-refractivity contribution in [2.75, 3.05) is 6.26 Å². The van der Waals surface area contributed by atoms with Gasteiger partial charge in [-0.15, -0.1) is 11.3 Å². The van der Waals surface area contributed by atoms with Gasteiger partial charge in [0, 0.05) is 28.8 Å². The van der Waals surface area contributed by atoms with Crippen molar-refractivity contribution in [1.82, 2.24) is 19.3 Å². The number of nitrogens with zero attached hydrogens (tertiary/aromatic N) is 2. The first-order valence-corrected chi connectivity index (χ1v) is 13.3. The van der Waals surface area contributed by atoms with Crippen LogP contribution < -0.4 is 10.3 Å². The minimum Gasteiger partial charge on any atom is -0.331 e. The number of carbonyl (C=O) groups excluding carboxylic acids is 1. The summed E-state index contributed by atoms with van der Waals surface area (Å²) in [4.78, 5) is 33.5. The lowest BCUT2D eigenvalue weighted by Gasteiger charge is -2.13. The Morgan fingerprint density at radius 2 is 1.97 bits per heavy atom. The zero-order valence-corrected chi connectivity index (χ0v) is 20.6. The van der Waals surface area contributed by atoms with Gasteiger partial charge in [-0.3, -0.25) is 9.59 Å². The molecular weight excluding hydrogens is 510 g/mol. The summed E-state index contributed by atoms with van der Waals surface area (Å²) in [6.07, 6.45) is 2.26. The predicted octanol–water partition coefficient (Wildman–Crippen LogP) is 3.93. The molecule has 0 saturated heterocycles. The van der Waals surface area contributed by atoms with Crippen molar-refractivity contribution < 1.29 is 22.0 Å². The first-order chi connectivity index (χ1) is 17.0. The molecule has 3 heterocycles. The summed E-state index contributed by atoms with van der Waals surface area (Å²) in [7, 11) is -4.00. The van der Waals surface area contributed by atoms with E-state index < -0.39 is 33.1 Å². The van der Waals surface area contributed by atoms with Gasteiger partial charge in [-0.1, -0.05) is 6.07 Å². The van der Waals surface area contributed by atoms with E-state index in [0.717, 1.165) is 28.1 Å². The largest absolute Gasteiger partial charge is 0.331 e. The minimum absolute atomic E-state index is 0.0600. The standard InChI is InChI=1S/C24H18F2N4O4S2/c1-12-28-21-18(35-12)8-7-17-20(21)19(15-4-3-9-27-23(15)31)22(24(32)29-36(2,33)34)30(17)11-13-5-6-14(25)10-16(13)26/h3-10H,11H2,1-2H3,(H,27,31)(H,29,32). The first-order valence-electron chi connectivity index (χ1n) is 10.6. The van der Waals surface area contributed by atoms with Gasteiger partial charge in [-0.05, 0) is 37.3 Å². The van der Waals surface area contributed by atoms with Crippen LogP contribution in [0.1, 0.15) is 21.1 Å². The molecule has 2 N–H and O–H groups in total. The van der Waals surface area contributed by atoms with Crippen LogP contribution in [0.2, 0.25) is 0 Å². The maximum atomic E-state index is 14.7. The number of rotatable bonds is 5. The molecule has 0 spiro atoms. The SMILES string of the molecule is Cc1nc2c(ccc3c2c(-c2ccc[nH]c2=O)c(C(=O)NS(C)(=O)=O)n3Cc2ccc(F)cc2F)s1. The third-order valence-corrected chi connectivity index (χ3v) is 7.11. The molecule has 8 nitrogen and oxygen atoms in total. The summed E-state index contributed by atoms with van der Waals surface area (Å²) >= 11 is 1.41. The summed E-state index contributed by atoms with van der Waals surface area (Å²) < 4.78 is 56.4. The summed E-state index contributed by atoms with van der Waals surface area (Å²) in [5.74, 6) is -2.61. The third-order valence-electron chi connectivity index (χ3n) is 5.62. The van der Waals surface area contributed by atoms with E-state index in [-0.39, 0.29) is 28.9 Å². The molecule has 0 radical (unpaired) electrons. The molecule has 0 aliphatic rings. The molecule has 36 heavy (non-hydrogen) atoms. The van der Waals surface area contributed by atoms with Gasteiger partial charge < -0.3 is 9.55 Å². The average Bonchev–Trinajstić information content (AvgIpc) is 3.32. The number of nitrogens with one attached hydrogen (secondary N) is 2. The van der Waals surface area contributed by atoms with Crippen molar-refractivity contribution in [3.05, 3.63) is 86.9 Å².